The van der Waals surface area contributed by atoms with Crippen LogP contribution in [-0.2, 0) is 13.0 Å². The summed E-state index contributed by atoms with van der Waals surface area (Å²) in [5, 5.41) is 3.61. The average molecular weight is 420 g/mol. The van der Waals surface area contributed by atoms with Crippen molar-refractivity contribution >= 4 is 15.9 Å². The van der Waals surface area contributed by atoms with Crippen molar-refractivity contribution in [3.63, 3.8) is 0 Å². The molecule has 1 N–H and O–H groups in total. The maximum Gasteiger partial charge on any atom is 0.175 e. The molecule has 26 heavy (non-hydrogen) atoms. The van der Waals surface area contributed by atoms with E-state index in [1.807, 2.05) is 20.8 Å². The summed E-state index contributed by atoms with van der Waals surface area (Å²) in [6, 6.07) is 15.3. The van der Waals surface area contributed by atoms with Gasteiger partial charge in [-0.3, -0.25) is 0 Å². The summed E-state index contributed by atoms with van der Waals surface area (Å²) in [6.45, 7) is 9.68. The van der Waals surface area contributed by atoms with Crippen LogP contribution in [0.5, 0.6) is 11.5 Å². The van der Waals surface area contributed by atoms with Gasteiger partial charge in [0.2, 0.25) is 0 Å². The van der Waals surface area contributed by atoms with Gasteiger partial charge in [0.05, 0.1) is 17.2 Å². The Balaban J connectivity index is 1.95. The quantitative estimate of drug-likeness (QED) is 0.531. The third-order valence-corrected chi connectivity index (χ3v) is 4.68. The van der Waals surface area contributed by atoms with E-state index < -0.39 is 0 Å². The van der Waals surface area contributed by atoms with Gasteiger partial charge in [0, 0.05) is 12.6 Å². The molecule has 0 saturated heterocycles. The van der Waals surface area contributed by atoms with E-state index in [-0.39, 0.29) is 6.10 Å². The fraction of sp³-hybridized carbons (Fsp3) is 0.455. The van der Waals surface area contributed by atoms with Crippen LogP contribution in [0.2, 0.25) is 0 Å². The maximum atomic E-state index is 5.90. The molecule has 0 fully saturated rings. The summed E-state index contributed by atoms with van der Waals surface area (Å²) in [4.78, 5) is 0. The van der Waals surface area contributed by atoms with E-state index in [0.29, 0.717) is 12.6 Å². The number of benzene rings is 2. The summed E-state index contributed by atoms with van der Waals surface area (Å²) < 4.78 is 12.6. The minimum absolute atomic E-state index is 0.104. The summed E-state index contributed by atoms with van der Waals surface area (Å²) >= 11 is 3.63. The third-order valence-electron chi connectivity index (χ3n) is 4.09. The molecule has 0 saturated carbocycles. The zero-order valence-corrected chi connectivity index (χ0v) is 17.8. The van der Waals surface area contributed by atoms with Gasteiger partial charge in [0.1, 0.15) is 0 Å². The van der Waals surface area contributed by atoms with Gasteiger partial charge in [-0.05, 0) is 79.7 Å². The van der Waals surface area contributed by atoms with Crippen molar-refractivity contribution in [2.45, 2.75) is 59.2 Å². The zero-order chi connectivity index (χ0) is 18.9. The molecule has 2 rings (SSSR count). The van der Waals surface area contributed by atoms with E-state index in [0.717, 1.165) is 35.4 Å². The van der Waals surface area contributed by atoms with Crippen LogP contribution in [0.3, 0.4) is 0 Å². The topological polar surface area (TPSA) is 30.5 Å². The van der Waals surface area contributed by atoms with Crippen LogP contribution < -0.4 is 14.8 Å². The van der Waals surface area contributed by atoms with Gasteiger partial charge < -0.3 is 14.8 Å². The first-order valence-corrected chi connectivity index (χ1v) is 10.2. The van der Waals surface area contributed by atoms with Crippen LogP contribution >= 0.6 is 15.9 Å². The predicted octanol–water partition coefficient (Wildman–Crippen LogP) is 5.75. The number of halogens is 1. The first-order valence-electron chi connectivity index (χ1n) is 9.38. The Morgan fingerprint density at radius 2 is 1.77 bits per heavy atom. The fourth-order valence-electron chi connectivity index (χ4n) is 2.76. The van der Waals surface area contributed by atoms with E-state index in [9.17, 15) is 0 Å². The lowest BCUT2D eigenvalue weighted by Crippen LogP contribution is -2.26. The molecular weight excluding hydrogens is 390 g/mol. The monoisotopic (exact) mass is 419 g/mol. The molecule has 3 nitrogen and oxygen atoms in total. The first kappa shape index (κ1) is 20.8. The van der Waals surface area contributed by atoms with Crippen molar-refractivity contribution < 1.29 is 9.47 Å². The van der Waals surface area contributed by atoms with Crippen LogP contribution in [0.15, 0.2) is 46.9 Å². The molecule has 0 aliphatic heterocycles. The highest BCUT2D eigenvalue weighted by atomic mass is 79.9. The van der Waals surface area contributed by atoms with Gasteiger partial charge in [-0.25, -0.2) is 0 Å². The smallest absolute Gasteiger partial charge is 0.175 e. The SMILES string of the molecule is CCOc1cc(CN[C@@H](C)CCc2ccccc2)cc(Br)c1OC(C)C. The average Bonchev–Trinajstić information content (AvgIpc) is 2.62. The van der Waals surface area contributed by atoms with E-state index in [4.69, 9.17) is 9.47 Å². The largest absolute Gasteiger partial charge is 0.490 e. The molecular formula is C22H30BrNO2. The lowest BCUT2D eigenvalue weighted by atomic mass is 10.1. The van der Waals surface area contributed by atoms with E-state index >= 15 is 0 Å². The van der Waals surface area contributed by atoms with Gasteiger partial charge in [0.25, 0.3) is 0 Å². The Kier molecular flexibility index (Phi) is 8.46. The van der Waals surface area contributed by atoms with Crippen LogP contribution in [0.25, 0.3) is 0 Å². The van der Waals surface area contributed by atoms with Crippen LogP contribution in [0.4, 0.5) is 0 Å². The van der Waals surface area contributed by atoms with Crippen molar-refractivity contribution in [3.8, 4) is 11.5 Å². The van der Waals surface area contributed by atoms with Gasteiger partial charge in [-0.15, -0.1) is 0 Å². The fourth-order valence-corrected chi connectivity index (χ4v) is 3.34. The van der Waals surface area contributed by atoms with Gasteiger partial charge >= 0.3 is 0 Å². The molecule has 0 aromatic heterocycles. The van der Waals surface area contributed by atoms with Crippen molar-refractivity contribution in [2.24, 2.45) is 0 Å². The normalized spacial score (nSPS) is 12.2. The zero-order valence-electron chi connectivity index (χ0n) is 16.2. The molecule has 4 heteroatoms. The summed E-state index contributed by atoms with van der Waals surface area (Å²) in [5.41, 5.74) is 2.57. The number of hydrogen-bond acceptors (Lipinski definition) is 3. The second-order valence-corrected chi connectivity index (χ2v) is 7.67. The molecule has 1 atom stereocenters. The van der Waals surface area contributed by atoms with Crippen molar-refractivity contribution in [1.82, 2.24) is 5.32 Å². The minimum Gasteiger partial charge on any atom is -0.490 e. The lowest BCUT2D eigenvalue weighted by Gasteiger charge is -2.19. The lowest BCUT2D eigenvalue weighted by molar-refractivity contribution is 0.222. The Labute approximate surface area is 166 Å². The second-order valence-electron chi connectivity index (χ2n) is 6.81. The van der Waals surface area contributed by atoms with Gasteiger partial charge in [-0.2, -0.15) is 0 Å². The summed E-state index contributed by atoms with van der Waals surface area (Å²) in [7, 11) is 0. The molecule has 2 aromatic rings. The Morgan fingerprint density at radius 1 is 1.04 bits per heavy atom. The highest BCUT2D eigenvalue weighted by molar-refractivity contribution is 9.10. The Hall–Kier alpha value is -1.52. The Bertz CT molecular complexity index is 673. The molecule has 0 aliphatic carbocycles. The predicted molar refractivity (Wildman–Crippen MR) is 112 cm³/mol. The molecule has 0 radical (unpaired) electrons. The number of rotatable bonds is 10. The molecule has 2 aromatic carbocycles. The third kappa shape index (κ3) is 6.65. The molecule has 0 unspecified atom stereocenters. The number of aryl methyl sites for hydroxylation is 1. The van der Waals surface area contributed by atoms with E-state index in [2.05, 4.69) is 70.6 Å². The first-order chi connectivity index (χ1) is 12.5. The molecule has 0 heterocycles. The van der Waals surface area contributed by atoms with Crippen LogP contribution in [0, 0.1) is 0 Å². The van der Waals surface area contributed by atoms with Crippen molar-refractivity contribution in [2.75, 3.05) is 6.61 Å². The molecule has 142 valence electrons. The van der Waals surface area contributed by atoms with Gasteiger partial charge in [0.15, 0.2) is 11.5 Å². The standard InChI is InChI=1S/C22H30BrNO2/c1-5-25-21-14-19(13-20(23)22(21)26-16(2)3)15-24-17(4)11-12-18-9-7-6-8-10-18/h6-10,13-14,16-17,24H,5,11-12,15H2,1-4H3/t17-/m0/s1. The summed E-state index contributed by atoms with van der Waals surface area (Å²) in [6.07, 6.45) is 2.30. The second kappa shape index (κ2) is 10.6. The Morgan fingerprint density at radius 3 is 2.42 bits per heavy atom. The highest BCUT2D eigenvalue weighted by Gasteiger charge is 2.14. The molecule has 0 aliphatic rings. The molecule has 0 spiro atoms. The number of nitrogens with one attached hydrogen (secondary N) is 1. The van der Waals surface area contributed by atoms with Crippen molar-refractivity contribution in [1.29, 1.82) is 0 Å². The van der Waals surface area contributed by atoms with Crippen molar-refractivity contribution in [3.05, 3.63) is 58.1 Å². The molecule has 0 bridgehead atoms. The van der Waals surface area contributed by atoms with E-state index in [1.54, 1.807) is 0 Å². The van der Waals surface area contributed by atoms with E-state index in [1.165, 1.54) is 11.1 Å². The van der Waals surface area contributed by atoms with Crippen LogP contribution in [0.1, 0.15) is 45.2 Å². The summed E-state index contributed by atoms with van der Waals surface area (Å²) in [5.74, 6) is 1.58. The van der Waals surface area contributed by atoms with Crippen LogP contribution in [-0.4, -0.2) is 18.8 Å². The maximum absolute atomic E-state index is 5.90. The number of hydrogen-bond donors (Lipinski definition) is 1. The minimum atomic E-state index is 0.104. The number of ether oxygens (including phenoxy) is 2. The highest BCUT2D eigenvalue weighted by Crippen LogP contribution is 2.37. The van der Waals surface area contributed by atoms with Gasteiger partial charge in [-0.1, -0.05) is 30.3 Å². The molecule has 0 amide bonds.